The monoisotopic (exact) mass is 329 g/mol. The minimum Gasteiger partial charge on any atom is -0.490 e. The van der Waals surface area contributed by atoms with Gasteiger partial charge in [-0.15, -0.1) is 0 Å². The Hall–Kier alpha value is -2.02. The van der Waals surface area contributed by atoms with E-state index in [1.807, 2.05) is 49.6 Å². The van der Waals surface area contributed by atoms with Crippen LogP contribution < -0.4 is 4.74 Å². The number of aliphatic hydroxyl groups is 1. The van der Waals surface area contributed by atoms with E-state index in [-0.39, 0.29) is 13.2 Å². The standard InChI is InChI=1S/C18H23N3O3/c1-15-19-9-16(10-20-15)11-21-7-8-23-13-18(22,12-21)14-24-17-5-3-2-4-6-17/h2-6,9-10,22H,7-8,11-14H2,1H3. The van der Waals surface area contributed by atoms with Crippen molar-refractivity contribution >= 4 is 0 Å². The molecule has 2 aromatic rings. The molecule has 0 saturated carbocycles. The summed E-state index contributed by atoms with van der Waals surface area (Å²) in [6.07, 6.45) is 3.65. The van der Waals surface area contributed by atoms with Crippen LogP contribution in [0.1, 0.15) is 11.4 Å². The Kier molecular flexibility index (Phi) is 5.40. The second-order valence-electron chi connectivity index (χ2n) is 6.23. The summed E-state index contributed by atoms with van der Waals surface area (Å²) in [7, 11) is 0. The van der Waals surface area contributed by atoms with Gasteiger partial charge in [-0.25, -0.2) is 9.97 Å². The summed E-state index contributed by atoms with van der Waals surface area (Å²) in [6, 6.07) is 9.51. The topological polar surface area (TPSA) is 67.7 Å². The summed E-state index contributed by atoms with van der Waals surface area (Å²) in [4.78, 5) is 10.6. The van der Waals surface area contributed by atoms with Crippen molar-refractivity contribution in [2.75, 3.05) is 32.9 Å². The predicted molar refractivity (Wildman–Crippen MR) is 89.8 cm³/mol. The molecule has 1 saturated heterocycles. The lowest BCUT2D eigenvalue weighted by molar-refractivity contribution is -0.0646. The van der Waals surface area contributed by atoms with Crippen molar-refractivity contribution in [3.05, 3.63) is 54.1 Å². The number of para-hydroxylation sites is 1. The van der Waals surface area contributed by atoms with Gasteiger partial charge in [-0.1, -0.05) is 18.2 Å². The van der Waals surface area contributed by atoms with Gasteiger partial charge in [0, 0.05) is 37.6 Å². The van der Waals surface area contributed by atoms with Crippen molar-refractivity contribution in [3.8, 4) is 5.75 Å². The first-order valence-electron chi connectivity index (χ1n) is 8.11. The number of benzene rings is 1. The van der Waals surface area contributed by atoms with E-state index in [9.17, 15) is 5.11 Å². The fourth-order valence-electron chi connectivity index (χ4n) is 2.71. The van der Waals surface area contributed by atoms with Crippen LogP contribution in [-0.2, 0) is 11.3 Å². The van der Waals surface area contributed by atoms with Crippen molar-refractivity contribution in [2.24, 2.45) is 0 Å². The van der Waals surface area contributed by atoms with Crippen molar-refractivity contribution in [1.82, 2.24) is 14.9 Å². The Morgan fingerprint density at radius 3 is 2.75 bits per heavy atom. The predicted octanol–water partition coefficient (Wildman–Crippen LogP) is 1.43. The molecule has 1 unspecified atom stereocenters. The zero-order valence-corrected chi connectivity index (χ0v) is 13.9. The number of nitrogens with zero attached hydrogens (tertiary/aromatic N) is 3. The molecule has 0 radical (unpaired) electrons. The third-order valence-electron chi connectivity index (χ3n) is 3.93. The highest BCUT2D eigenvalue weighted by molar-refractivity contribution is 5.21. The Balaban J connectivity index is 1.61. The Labute approximate surface area is 142 Å². The van der Waals surface area contributed by atoms with Gasteiger partial charge in [0.15, 0.2) is 0 Å². The number of β-amino-alcohol motifs (C(OH)–C–C–N with tert-alkyl or cyclic N) is 1. The van der Waals surface area contributed by atoms with Gasteiger partial charge in [0.05, 0.1) is 13.2 Å². The van der Waals surface area contributed by atoms with Crippen molar-refractivity contribution in [3.63, 3.8) is 0 Å². The third kappa shape index (κ3) is 4.74. The lowest BCUT2D eigenvalue weighted by atomic mass is 10.1. The molecular formula is C18H23N3O3. The van der Waals surface area contributed by atoms with Crippen LogP contribution in [-0.4, -0.2) is 58.5 Å². The molecule has 1 N–H and O–H groups in total. The molecule has 1 atom stereocenters. The number of ether oxygens (including phenoxy) is 2. The maximum absolute atomic E-state index is 10.9. The van der Waals surface area contributed by atoms with Crippen molar-refractivity contribution in [2.45, 2.75) is 19.1 Å². The van der Waals surface area contributed by atoms with Crippen LogP contribution in [0.3, 0.4) is 0 Å². The molecule has 1 aromatic carbocycles. The molecule has 0 spiro atoms. The van der Waals surface area contributed by atoms with E-state index in [2.05, 4.69) is 14.9 Å². The van der Waals surface area contributed by atoms with E-state index >= 15 is 0 Å². The van der Waals surface area contributed by atoms with Crippen LogP contribution in [0.25, 0.3) is 0 Å². The van der Waals surface area contributed by atoms with Gasteiger partial charge in [-0.3, -0.25) is 4.90 Å². The lowest BCUT2D eigenvalue weighted by Crippen LogP contribution is -2.48. The highest BCUT2D eigenvalue weighted by Crippen LogP contribution is 2.17. The highest BCUT2D eigenvalue weighted by atomic mass is 16.5. The molecule has 128 valence electrons. The van der Waals surface area contributed by atoms with E-state index in [0.717, 1.165) is 23.7 Å². The third-order valence-corrected chi connectivity index (χ3v) is 3.93. The van der Waals surface area contributed by atoms with E-state index < -0.39 is 5.60 Å². The quantitative estimate of drug-likeness (QED) is 0.895. The van der Waals surface area contributed by atoms with Gasteiger partial charge in [0.2, 0.25) is 0 Å². The van der Waals surface area contributed by atoms with Gasteiger partial charge < -0.3 is 14.6 Å². The molecule has 1 aliphatic heterocycles. The number of hydrogen-bond acceptors (Lipinski definition) is 6. The second-order valence-corrected chi connectivity index (χ2v) is 6.23. The molecule has 3 rings (SSSR count). The molecule has 0 bridgehead atoms. The van der Waals surface area contributed by atoms with E-state index in [1.165, 1.54) is 0 Å². The zero-order chi connectivity index (χ0) is 16.8. The fourth-order valence-corrected chi connectivity index (χ4v) is 2.71. The largest absolute Gasteiger partial charge is 0.490 e. The van der Waals surface area contributed by atoms with Crippen LogP contribution in [0.15, 0.2) is 42.7 Å². The maximum Gasteiger partial charge on any atom is 0.134 e. The fraction of sp³-hybridized carbons (Fsp3) is 0.444. The minimum atomic E-state index is -1.04. The average molecular weight is 329 g/mol. The summed E-state index contributed by atoms with van der Waals surface area (Å²) in [6.45, 7) is 4.81. The normalized spacial score (nSPS) is 22.1. The summed E-state index contributed by atoms with van der Waals surface area (Å²) >= 11 is 0. The zero-order valence-electron chi connectivity index (χ0n) is 13.9. The molecule has 0 aliphatic carbocycles. The molecule has 1 aliphatic rings. The minimum absolute atomic E-state index is 0.192. The number of hydrogen-bond donors (Lipinski definition) is 1. The molecule has 6 heteroatoms. The summed E-state index contributed by atoms with van der Waals surface area (Å²) in [5.74, 6) is 1.50. The first-order valence-corrected chi connectivity index (χ1v) is 8.11. The Bertz CT molecular complexity index is 636. The van der Waals surface area contributed by atoms with Gasteiger partial charge in [0.1, 0.15) is 23.8 Å². The molecule has 24 heavy (non-hydrogen) atoms. The highest BCUT2D eigenvalue weighted by Gasteiger charge is 2.33. The Morgan fingerprint density at radius 2 is 2.00 bits per heavy atom. The summed E-state index contributed by atoms with van der Waals surface area (Å²) in [5.41, 5.74) is -0.0217. The molecule has 0 amide bonds. The van der Waals surface area contributed by atoms with Gasteiger partial charge in [-0.2, -0.15) is 0 Å². The van der Waals surface area contributed by atoms with Crippen LogP contribution in [0.2, 0.25) is 0 Å². The molecule has 1 fully saturated rings. The van der Waals surface area contributed by atoms with Crippen LogP contribution in [0, 0.1) is 6.92 Å². The Morgan fingerprint density at radius 1 is 1.25 bits per heavy atom. The van der Waals surface area contributed by atoms with Crippen LogP contribution in [0.4, 0.5) is 0 Å². The average Bonchev–Trinajstić information content (AvgIpc) is 2.78. The van der Waals surface area contributed by atoms with Gasteiger partial charge >= 0.3 is 0 Å². The smallest absolute Gasteiger partial charge is 0.134 e. The maximum atomic E-state index is 10.9. The summed E-state index contributed by atoms with van der Waals surface area (Å²) < 4.78 is 11.3. The van der Waals surface area contributed by atoms with Gasteiger partial charge in [-0.05, 0) is 19.1 Å². The first kappa shape index (κ1) is 16.8. The van der Waals surface area contributed by atoms with Crippen molar-refractivity contribution in [1.29, 1.82) is 0 Å². The number of rotatable bonds is 5. The SMILES string of the molecule is Cc1ncc(CN2CCOCC(O)(COc3ccccc3)C2)cn1. The summed E-state index contributed by atoms with van der Waals surface area (Å²) in [5, 5.41) is 10.9. The first-order chi connectivity index (χ1) is 11.6. The number of aromatic nitrogens is 2. The molecule has 2 heterocycles. The van der Waals surface area contributed by atoms with Crippen molar-refractivity contribution < 1.29 is 14.6 Å². The lowest BCUT2D eigenvalue weighted by Gasteiger charge is -2.30. The van der Waals surface area contributed by atoms with Crippen LogP contribution >= 0.6 is 0 Å². The molecular weight excluding hydrogens is 306 g/mol. The molecule has 1 aromatic heterocycles. The number of aryl methyl sites for hydroxylation is 1. The van der Waals surface area contributed by atoms with Crippen LogP contribution in [0.5, 0.6) is 5.75 Å². The van der Waals surface area contributed by atoms with E-state index in [1.54, 1.807) is 0 Å². The van der Waals surface area contributed by atoms with E-state index in [4.69, 9.17) is 9.47 Å². The van der Waals surface area contributed by atoms with E-state index in [0.29, 0.717) is 19.7 Å². The van der Waals surface area contributed by atoms with Gasteiger partial charge in [0.25, 0.3) is 0 Å². The molecule has 6 nitrogen and oxygen atoms in total. The second kappa shape index (κ2) is 7.70.